The highest BCUT2D eigenvalue weighted by atomic mass is 127. The number of aliphatic hydroxyl groups excluding tert-OH is 1. The minimum absolute atomic E-state index is 0.663. The highest BCUT2D eigenvalue weighted by molar-refractivity contribution is 14.1. The zero-order valence-corrected chi connectivity index (χ0v) is 13.4. The topological polar surface area (TPSA) is 29.5 Å². The number of rotatable bonds is 3. The predicted octanol–water partition coefficient (Wildman–Crippen LogP) is 4.00. The van der Waals surface area contributed by atoms with Crippen LogP contribution in [0.15, 0.2) is 36.4 Å². The lowest BCUT2D eigenvalue weighted by atomic mass is 9.96. The lowest BCUT2D eigenvalue weighted by Gasteiger charge is -2.18. The molecule has 0 amide bonds. The molecular weight excluding hydrogens is 351 g/mol. The van der Waals surface area contributed by atoms with Gasteiger partial charge in [0.2, 0.25) is 0 Å². The molecule has 2 nitrogen and oxygen atoms in total. The van der Waals surface area contributed by atoms with Crippen LogP contribution in [0.2, 0.25) is 0 Å². The van der Waals surface area contributed by atoms with E-state index in [1.165, 1.54) is 0 Å². The first-order valence-corrected chi connectivity index (χ1v) is 7.20. The predicted molar refractivity (Wildman–Crippen MR) is 85.7 cm³/mol. The van der Waals surface area contributed by atoms with Crippen LogP contribution in [-0.2, 0) is 0 Å². The Kier molecular flexibility index (Phi) is 4.47. The van der Waals surface area contributed by atoms with Crippen molar-refractivity contribution in [1.82, 2.24) is 0 Å². The minimum atomic E-state index is -0.663. The van der Waals surface area contributed by atoms with Crippen LogP contribution in [0.25, 0.3) is 0 Å². The van der Waals surface area contributed by atoms with Crippen molar-refractivity contribution < 1.29 is 9.84 Å². The van der Waals surface area contributed by atoms with Crippen LogP contribution in [0.1, 0.15) is 28.4 Å². The molecule has 2 aromatic rings. The van der Waals surface area contributed by atoms with Gasteiger partial charge in [-0.1, -0.05) is 24.3 Å². The smallest absolute Gasteiger partial charge is 0.128 e. The van der Waals surface area contributed by atoms with Gasteiger partial charge in [-0.25, -0.2) is 0 Å². The maximum absolute atomic E-state index is 10.6. The molecule has 0 aliphatic heterocycles. The number of hydrogen-bond donors (Lipinski definition) is 1. The molecule has 0 fully saturated rings. The zero-order valence-electron chi connectivity index (χ0n) is 11.3. The summed E-state index contributed by atoms with van der Waals surface area (Å²) >= 11 is 2.25. The first-order valence-electron chi connectivity index (χ1n) is 6.12. The Morgan fingerprint density at radius 1 is 1.16 bits per heavy atom. The molecule has 0 saturated carbocycles. The van der Waals surface area contributed by atoms with Crippen LogP contribution in [0, 0.1) is 17.4 Å². The van der Waals surface area contributed by atoms with Gasteiger partial charge < -0.3 is 9.84 Å². The van der Waals surface area contributed by atoms with E-state index in [4.69, 9.17) is 4.74 Å². The molecule has 0 aliphatic carbocycles. The summed E-state index contributed by atoms with van der Waals surface area (Å²) < 4.78 is 6.58. The van der Waals surface area contributed by atoms with Crippen LogP contribution in [0.4, 0.5) is 0 Å². The average Bonchev–Trinajstić information content (AvgIpc) is 2.41. The summed E-state index contributed by atoms with van der Waals surface area (Å²) in [5, 5.41) is 10.6. The Morgan fingerprint density at radius 3 is 2.53 bits per heavy atom. The monoisotopic (exact) mass is 368 g/mol. The number of aryl methyl sites for hydroxylation is 1. The molecule has 0 radical (unpaired) electrons. The average molecular weight is 368 g/mol. The molecule has 0 aromatic heterocycles. The molecule has 100 valence electrons. The van der Waals surface area contributed by atoms with E-state index >= 15 is 0 Å². The highest BCUT2D eigenvalue weighted by Gasteiger charge is 2.17. The van der Waals surface area contributed by atoms with E-state index in [9.17, 15) is 5.11 Å². The number of hydrogen-bond acceptors (Lipinski definition) is 2. The summed E-state index contributed by atoms with van der Waals surface area (Å²) in [6.45, 7) is 4.05. The van der Waals surface area contributed by atoms with Crippen molar-refractivity contribution in [3.05, 3.63) is 62.2 Å². The van der Waals surface area contributed by atoms with Crippen molar-refractivity contribution in [2.24, 2.45) is 0 Å². The minimum Gasteiger partial charge on any atom is -0.496 e. The van der Waals surface area contributed by atoms with E-state index in [1.54, 1.807) is 7.11 Å². The van der Waals surface area contributed by atoms with Crippen molar-refractivity contribution in [2.75, 3.05) is 7.11 Å². The normalized spacial score (nSPS) is 12.3. The van der Waals surface area contributed by atoms with Crippen molar-refractivity contribution >= 4 is 22.6 Å². The van der Waals surface area contributed by atoms with Gasteiger partial charge in [-0.3, -0.25) is 0 Å². The van der Waals surface area contributed by atoms with Crippen molar-refractivity contribution in [3.63, 3.8) is 0 Å². The van der Waals surface area contributed by atoms with Gasteiger partial charge in [0.1, 0.15) is 11.9 Å². The third-order valence-corrected chi connectivity index (χ3v) is 4.04. The van der Waals surface area contributed by atoms with Crippen molar-refractivity contribution in [1.29, 1.82) is 0 Å². The standard InChI is InChI=1S/C16H17IO2/c1-10-7-8-14(16(19-3)11(10)2)15(18)12-5-4-6-13(17)9-12/h4-9,15,18H,1-3H3. The number of benzene rings is 2. The molecule has 0 spiro atoms. The SMILES string of the molecule is COc1c(C(O)c2cccc(I)c2)ccc(C)c1C. The second kappa shape index (κ2) is 5.92. The van der Waals surface area contributed by atoms with Crippen LogP contribution < -0.4 is 4.74 Å². The van der Waals surface area contributed by atoms with Crippen LogP contribution in [0.5, 0.6) is 5.75 Å². The van der Waals surface area contributed by atoms with Gasteiger partial charge >= 0.3 is 0 Å². The number of aliphatic hydroxyl groups is 1. The van der Waals surface area contributed by atoms with E-state index in [1.807, 2.05) is 50.2 Å². The molecule has 19 heavy (non-hydrogen) atoms. The molecule has 0 aliphatic rings. The molecule has 0 saturated heterocycles. The summed E-state index contributed by atoms with van der Waals surface area (Å²) in [6, 6.07) is 11.8. The molecule has 2 aromatic carbocycles. The Morgan fingerprint density at radius 2 is 1.89 bits per heavy atom. The summed E-state index contributed by atoms with van der Waals surface area (Å²) in [5.74, 6) is 0.770. The number of ether oxygens (including phenoxy) is 1. The van der Waals surface area contributed by atoms with Crippen LogP contribution in [0.3, 0.4) is 0 Å². The first-order chi connectivity index (χ1) is 9.04. The lowest BCUT2D eigenvalue weighted by Crippen LogP contribution is -2.04. The van der Waals surface area contributed by atoms with Gasteiger partial charge in [-0.05, 0) is 65.3 Å². The maximum Gasteiger partial charge on any atom is 0.128 e. The second-order valence-electron chi connectivity index (χ2n) is 4.59. The van der Waals surface area contributed by atoms with E-state index in [0.29, 0.717) is 0 Å². The fourth-order valence-electron chi connectivity index (χ4n) is 2.15. The fourth-order valence-corrected chi connectivity index (χ4v) is 2.72. The first kappa shape index (κ1) is 14.3. The second-order valence-corrected chi connectivity index (χ2v) is 5.83. The number of methoxy groups -OCH3 is 1. The molecule has 3 heteroatoms. The summed E-state index contributed by atoms with van der Waals surface area (Å²) in [7, 11) is 1.65. The third-order valence-electron chi connectivity index (χ3n) is 3.37. The van der Waals surface area contributed by atoms with Crippen LogP contribution in [-0.4, -0.2) is 12.2 Å². The fraction of sp³-hybridized carbons (Fsp3) is 0.250. The Balaban J connectivity index is 2.50. The third kappa shape index (κ3) is 2.92. The van der Waals surface area contributed by atoms with Gasteiger partial charge in [-0.15, -0.1) is 0 Å². The quantitative estimate of drug-likeness (QED) is 0.830. The number of halogens is 1. The van der Waals surface area contributed by atoms with E-state index in [2.05, 4.69) is 22.6 Å². The summed E-state index contributed by atoms with van der Waals surface area (Å²) in [6.07, 6.45) is -0.663. The van der Waals surface area contributed by atoms with Gasteiger partial charge in [0.05, 0.1) is 7.11 Å². The molecule has 2 rings (SSSR count). The van der Waals surface area contributed by atoms with E-state index < -0.39 is 6.10 Å². The van der Waals surface area contributed by atoms with Crippen molar-refractivity contribution in [3.8, 4) is 5.75 Å². The lowest BCUT2D eigenvalue weighted by molar-refractivity contribution is 0.214. The maximum atomic E-state index is 10.6. The van der Waals surface area contributed by atoms with Gasteiger partial charge in [0.25, 0.3) is 0 Å². The van der Waals surface area contributed by atoms with Crippen LogP contribution >= 0.6 is 22.6 Å². The molecule has 1 atom stereocenters. The molecule has 1 unspecified atom stereocenters. The van der Waals surface area contributed by atoms with Gasteiger partial charge in [0.15, 0.2) is 0 Å². The molecule has 0 heterocycles. The largest absolute Gasteiger partial charge is 0.496 e. The molecular formula is C16H17IO2. The van der Waals surface area contributed by atoms with E-state index in [0.717, 1.165) is 31.6 Å². The van der Waals surface area contributed by atoms with Gasteiger partial charge in [0, 0.05) is 9.13 Å². The highest BCUT2D eigenvalue weighted by Crippen LogP contribution is 2.34. The molecule has 0 bridgehead atoms. The summed E-state index contributed by atoms with van der Waals surface area (Å²) in [4.78, 5) is 0. The van der Waals surface area contributed by atoms with Gasteiger partial charge in [-0.2, -0.15) is 0 Å². The van der Waals surface area contributed by atoms with Crippen molar-refractivity contribution in [2.45, 2.75) is 20.0 Å². The summed E-state index contributed by atoms with van der Waals surface area (Å²) in [5.41, 5.74) is 3.93. The molecule has 1 N–H and O–H groups in total. The Hall–Kier alpha value is -1.07. The zero-order chi connectivity index (χ0) is 14.0. The van der Waals surface area contributed by atoms with E-state index in [-0.39, 0.29) is 0 Å². The Labute approximate surface area is 127 Å². The Bertz CT molecular complexity index is 593.